The Morgan fingerprint density at radius 2 is 2.00 bits per heavy atom. The van der Waals surface area contributed by atoms with Gasteiger partial charge in [-0.3, -0.25) is 0 Å². The smallest absolute Gasteiger partial charge is 0.0694 e. The van der Waals surface area contributed by atoms with Crippen LogP contribution >= 0.6 is 0 Å². The van der Waals surface area contributed by atoms with E-state index in [1.807, 2.05) is 6.07 Å². The van der Waals surface area contributed by atoms with Crippen molar-refractivity contribution in [3.8, 4) is 0 Å². The summed E-state index contributed by atoms with van der Waals surface area (Å²) in [5.74, 6) is 0. The van der Waals surface area contributed by atoms with Gasteiger partial charge >= 0.3 is 0 Å². The number of aliphatic hydroxyl groups excluding tert-OH is 1. The lowest BCUT2D eigenvalue weighted by Gasteiger charge is -2.37. The number of nitrogens with two attached hydrogens (primary N) is 1. The predicted octanol–water partition coefficient (Wildman–Crippen LogP) is 1.25. The number of rotatable bonds is 1. The molecule has 1 aliphatic carbocycles. The van der Waals surface area contributed by atoms with Gasteiger partial charge in [0.25, 0.3) is 0 Å². The van der Waals surface area contributed by atoms with Gasteiger partial charge in [-0.1, -0.05) is 24.3 Å². The zero-order chi connectivity index (χ0) is 10.2. The summed E-state index contributed by atoms with van der Waals surface area (Å²) < 4.78 is 0. The first-order valence-electron chi connectivity index (χ1n) is 5.15. The first-order chi connectivity index (χ1) is 6.62. The van der Waals surface area contributed by atoms with Crippen LogP contribution in [0.3, 0.4) is 0 Å². The van der Waals surface area contributed by atoms with Gasteiger partial charge in [0.1, 0.15) is 0 Å². The highest BCUT2D eigenvalue weighted by molar-refractivity contribution is 5.32. The molecule has 14 heavy (non-hydrogen) atoms. The predicted molar refractivity (Wildman–Crippen MR) is 57.1 cm³/mol. The van der Waals surface area contributed by atoms with Crippen molar-refractivity contribution in [3.63, 3.8) is 0 Å². The molecule has 76 valence electrons. The average molecular weight is 191 g/mol. The van der Waals surface area contributed by atoms with E-state index in [1.165, 1.54) is 11.1 Å². The topological polar surface area (TPSA) is 46.2 Å². The van der Waals surface area contributed by atoms with E-state index in [0.29, 0.717) is 0 Å². The Morgan fingerprint density at radius 3 is 2.64 bits per heavy atom. The summed E-state index contributed by atoms with van der Waals surface area (Å²) in [6, 6.07) is 8.35. The largest absolute Gasteiger partial charge is 0.391 e. The van der Waals surface area contributed by atoms with Crippen molar-refractivity contribution in [3.05, 3.63) is 35.4 Å². The van der Waals surface area contributed by atoms with Gasteiger partial charge in [-0.2, -0.15) is 0 Å². The van der Waals surface area contributed by atoms with Crippen molar-refractivity contribution in [2.75, 3.05) is 0 Å². The van der Waals surface area contributed by atoms with Crippen LogP contribution in [0.1, 0.15) is 24.5 Å². The lowest BCUT2D eigenvalue weighted by molar-refractivity contribution is 0.0905. The highest BCUT2D eigenvalue weighted by Crippen LogP contribution is 2.29. The molecule has 3 N–H and O–H groups in total. The zero-order valence-electron chi connectivity index (χ0n) is 8.53. The van der Waals surface area contributed by atoms with E-state index in [2.05, 4.69) is 18.2 Å². The minimum atomic E-state index is -0.434. The standard InChI is InChI=1S/C12H17NO/c1-9(14)12(13)7-6-10-4-2-3-5-11(10)8-12/h2-5,9,14H,6-8,13H2,1H3/t9-,12+/m0/s1. The Kier molecular flexibility index (Phi) is 2.33. The Labute approximate surface area is 84.7 Å². The molecule has 0 unspecified atom stereocenters. The minimum absolute atomic E-state index is 0.422. The fourth-order valence-electron chi connectivity index (χ4n) is 2.14. The lowest BCUT2D eigenvalue weighted by atomic mass is 9.76. The lowest BCUT2D eigenvalue weighted by Crippen LogP contribution is -2.53. The van der Waals surface area contributed by atoms with Crippen LogP contribution in [0.5, 0.6) is 0 Å². The second-order valence-electron chi connectivity index (χ2n) is 4.35. The second-order valence-corrected chi connectivity index (χ2v) is 4.35. The molecule has 0 saturated carbocycles. The van der Waals surface area contributed by atoms with Crippen LogP contribution in [0.15, 0.2) is 24.3 Å². The zero-order valence-corrected chi connectivity index (χ0v) is 8.53. The quantitative estimate of drug-likeness (QED) is 0.702. The van der Waals surface area contributed by atoms with Crippen LogP contribution in [0.25, 0.3) is 0 Å². The molecule has 0 saturated heterocycles. The highest BCUT2D eigenvalue weighted by atomic mass is 16.3. The SMILES string of the molecule is C[C@H](O)[C@@]1(N)CCc2ccccc2C1. The molecule has 2 nitrogen and oxygen atoms in total. The van der Waals surface area contributed by atoms with Gasteiger partial charge in [0.15, 0.2) is 0 Å². The molecule has 0 fully saturated rings. The summed E-state index contributed by atoms with van der Waals surface area (Å²) in [5.41, 5.74) is 8.42. The molecule has 2 atom stereocenters. The van der Waals surface area contributed by atoms with E-state index in [-0.39, 0.29) is 0 Å². The van der Waals surface area contributed by atoms with Crippen LogP contribution in [0.2, 0.25) is 0 Å². The van der Waals surface area contributed by atoms with Gasteiger partial charge in [0.05, 0.1) is 6.10 Å². The van der Waals surface area contributed by atoms with E-state index in [0.717, 1.165) is 19.3 Å². The molecule has 2 rings (SSSR count). The number of aryl methyl sites for hydroxylation is 1. The van der Waals surface area contributed by atoms with Crippen LogP contribution in [0.4, 0.5) is 0 Å². The summed E-state index contributed by atoms with van der Waals surface area (Å²) in [4.78, 5) is 0. The maximum atomic E-state index is 9.64. The normalized spacial score (nSPS) is 28.2. The van der Waals surface area contributed by atoms with E-state index in [9.17, 15) is 5.11 Å². The Bertz CT molecular complexity index is 335. The van der Waals surface area contributed by atoms with Crippen LogP contribution in [-0.2, 0) is 12.8 Å². The fourth-order valence-corrected chi connectivity index (χ4v) is 2.14. The number of hydrogen-bond donors (Lipinski definition) is 2. The number of aliphatic hydroxyl groups is 1. The van der Waals surface area contributed by atoms with E-state index >= 15 is 0 Å². The number of fused-ring (bicyclic) bond motifs is 1. The highest BCUT2D eigenvalue weighted by Gasteiger charge is 2.34. The Hall–Kier alpha value is -0.860. The molecule has 0 bridgehead atoms. The molecule has 2 heteroatoms. The third-order valence-corrected chi connectivity index (χ3v) is 3.33. The molecule has 0 spiro atoms. The average Bonchev–Trinajstić information content (AvgIpc) is 2.17. The third-order valence-electron chi connectivity index (χ3n) is 3.33. The molecule has 1 aromatic rings. The molecule has 0 heterocycles. The van der Waals surface area contributed by atoms with E-state index in [4.69, 9.17) is 5.73 Å². The second kappa shape index (κ2) is 3.37. The monoisotopic (exact) mass is 191 g/mol. The molecule has 1 aromatic carbocycles. The van der Waals surface area contributed by atoms with Crippen molar-refractivity contribution in [1.82, 2.24) is 0 Å². The van der Waals surface area contributed by atoms with Gasteiger partial charge in [-0.05, 0) is 37.3 Å². The third kappa shape index (κ3) is 1.56. The maximum Gasteiger partial charge on any atom is 0.0694 e. The summed E-state index contributed by atoms with van der Waals surface area (Å²) in [6.45, 7) is 1.79. The van der Waals surface area contributed by atoms with Crippen molar-refractivity contribution < 1.29 is 5.11 Å². The molecule has 0 amide bonds. The summed E-state index contributed by atoms with van der Waals surface area (Å²) in [7, 11) is 0. The molecular formula is C12H17NO. The molecular weight excluding hydrogens is 174 g/mol. The van der Waals surface area contributed by atoms with Gasteiger partial charge < -0.3 is 10.8 Å². The van der Waals surface area contributed by atoms with E-state index in [1.54, 1.807) is 6.92 Å². The van der Waals surface area contributed by atoms with Gasteiger partial charge in [0.2, 0.25) is 0 Å². The van der Waals surface area contributed by atoms with Crippen molar-refractivity contribution >= 4 is 0 Å². The van der Waals surface area contributed by atoms with Crippen molar-refractivity contribution in [2.24, 2.45) is 5.73 Å². The van der Waals surface area contributed by atoms with Crippen LogP contribution in [0, 0.1) is 0 Å². The molecule has 1 aliphatic rings. The van der Waals surface area contributed by atoms with Crippen molar-refractivity contribution in [1.29, 1.82) is 0 Å². The number of benzene rings is 1. The first kappa shape index (κ1) is 9.69. The molecule has 0 aliphatic heterocycles. The number of hydrogen-bond acceptors (Lipinski definition) is 2. The first-order valence-corrected chi connectivity index (χ1v) is 5.15. The van der Waals surface area contributed by atoms with E-state index < -0.39 is 11.6 Å². The Morgan fingerprint density at radius 1 is 1.36 bits per heavy atom. The summed E-state index contributed by atoms with van der Waals surface area (Å²) in [5, 5.41) is 9.64. The minimum Gasteiger partial charge on any atom is -0.391 e. The van der Waals surface area contributed by atoms with Crippen molar-refractivity contribution in [2.45, 2.75) is 37.8 Å². The molecule has 0 aromatic heterocycles. The fraction of sp³-hybridized carbons (Fsp3) is 0.500. The van der Waals surface area contributed by atoms with Gasteiger partial charge in [-0.15, -0.1) is 0 Å². The van der Waals surface area contributed by atoms with Gasteiger partial charge in [0, 0.05) is 5.54 Å². The summed E-state index contributed by atoms with van der Waals surface area (Å²) in [6.07, 6.45) is 2.22. The maximum absolute atomic E-state index is 9.64. The Balaban J connectivity index is 2.29. The van der Waals surface area contributed by atoms with Crippen LogP contribution < -0.4 is 5.73 Å². The van der Waals surface area contributed by atoms with Gasteiger partial charge in [-0.25, -0.2) is 0 Å². The van der Waals surface area contributed by atoms with Crippen LogP contribution in [-0.4, -0.2) is 16.7 Å². The summed E-state index contributed by atoms with van der Waals surface area (Å²) >= 11 is 0. The molecule has 0 radical (unpaired) electrons.